The SMILES string of the molecule is CC[C@@H](Oc1ccc2ccccc2c1)C(=O)Nc1ccc(OC)c(OC)c1. The fourth-order valence-corrected chi connectivity index (χ4v) is 2.86. The number of anilines is 1. The number of carbonyl (C=O) groups is 1. The molecule has 140 valence electrons. The highest BCUT2D eigenvalue weighted by Gasteiger charge is 2.19. The third-order valence-electron chi connectivity index (χ3n) is 4.31. The van der Waals surface area contributed by atoms with E-state index < -0.39 is 6.10 Å². The smallest absolute Gasteiger partial charge is 0.265 e. The van der Waals surface area contributed by atoms with Gasteiger partial charge in [-0.15, -0.1) is 0 Å². The van der Waals surface area contributed by atoms with Crippen LogP contribution in [0.2, 0.25) is 0 Å². The number of benzene rings is 3. The quantitative estimate of drug-likeness (QED) is 0.662. The van der Waals surface area contributed by atoms with Crippen molar-refractivity contribution in [1.82, 2.24) is 0 Å². The summed E-state index contributed by atoms with van der Waals surface area (Å²) in [5, 5.41) is 5.08. The first-order valence-electron chi connectivity index (χ1n) is 8.83. The van der Waals surface area contributed by atoms with Crippen molar-refractivity contribution in [3.63, 3.8) is 0 Å². The van der Waals surface area contributed by atoms with E-state index in [4.69, 9.17) is 14.2 Å². The second-order valence-electron chi connectivity index (χ2n) is 6.08. The molecule has 3 rings (SSSR count). The normalized spacial score (nSPS) is 11.7. The first-order valence-corrected chi connectivity index (χ1v) is 8.83. The third-order valence-corrected chi connectivity index (χ3v) is 4.31. The second kappa shape index (κ2) is 8.45. The van der Waals surface area contributed by atoms with Crippen LogP contribution in [-0.2, 0) is 4.79 Å². The molecule has 1 N–H and O–H groups in total. The lowest BCUT2D eigenvalue weighted by atomic mass is 10.1. The molecule has 0 aliphatic rings. The van der Waals surface area contributed by atoms with Gasteiger partial charge in [-0.2, -0.15) is 0 Å². The maximum absolute atomic E-state index is 12.7. The predicted molar refractivity (Wildman–Crippen MR) is 107 cm³/mol. The van der Waals surface area contributed by atoms with Crippen molar-refractivity contribution in [2.24, 2.45) is 0 Å². The molecule has 5 heteroatoms. The van der Waals surface area contributed by atoms with E-state index in [0.29, 0.717) is 29.4 Å². The van der Waals surface area contributed by atoms with Crippen molar-refractivity contribution < 1.29 is 19.0 Å². The van der Waals surface area contributed by atoms with Crippen LogP contribution in [0, 0.1) is 0 Å². The summed E-state index contributed by atoms with van der Waals surface area (Å²) in [6, 6.07) is 19.1. The largest absolute Gasteiger partial charge is 0.493 e. The van der Waals surface area contributed by atoms with Crippen LogP contribution in [0.3, 0.4) is 0 Å². The number of ether oxygens (including phenoxy) is 3. The molecule has 0 unspecified atom stereocenters. The van der Waals surface area contributed by atoms with Crippen molar-refractivity contribution in [3.8, 4) is 17.2 Å². The van der Waals surface area contributed by atoms with Crippen LogP contribution in [0.1, 0.15) is 13.3 Å². The van der Waals surface area contributed by atoms with Gasteiger partial charge in [-0.05, 0) is 41.5 Å². The Morgan fingerprint density at radius 1 is 0.926 bits per heavy atom. The van der Waals surface area contributed by atoms with Gasteiger partial charge >= 0.3 is 0 Å². The topological polar surface area (TPSA) is 56.8 Å². The van der Waals surface area contributed by atoms with Gasteiger partial charge in [0, 0.05) is 11.8 Å². The van der Waals surface area contributed by atoms with Gasteiger partial charge < -0.3 is 19.5 Å². The van der Waals surface area contributed by atoms with Crippen LogP contribution in [0.5, 0.6) is 17.2 Å². The highest BCUT2D eigenvalue weighted by Crippen LogP contribution is 2.30. The number of hydrogen-bond donors (Lipinski definition) is 1. The Bertz CT molecular complexity index is 938. The van der Waals surface area contributed by atoms with E-state index in [0.717, 1.165) is 10.8 Å². The van der Waals surface area contributed by atoms with Crippen molar-refractivity contribution in [3.05, 3.63) is 60.7 Å². The molecule has 0 fully saturated rings. The number of fused-ring (bicyclic) bond motifs is 1. The Balaban J connectivity index is 1.73. The van der Waals surface area contributed by atoms with E-state index in [1.54, 1.807) is 32.4 Å². The minimum atomic E-state index is -0.598. The van der Waals surface area contributed by atoms with Gasteiger partial charge in [-0.25, -0.2) is 0 Å². The fraction of sp³-hybridized carbons (Fsp3) is 0.227. The number of carbonyl (C=O) groups excluding carboxylic acids is 1. The summed E-state index contributed by atoms with van der Waals surface area (Å²) >= 11 is 0. The maximum Gasteiger partial charge on any atom is 0.265 e. The minimum absolute atomic E-state index is 0.210. The molecule has 0 spiro atoms. The van der Waals surface area contributed by atoms with Crippen LogP contribution in [0.25, 0.3) is 10.8 Å². The van der Waals surface area contributed by atoms with Gasteiger partial charge in [-0.1, -0.05) is 37.3 Å². The van der Waals surface area contributed by atoms with Gasteiger partial charge in [0.2, 0.25) is 0 Å². The molecular formula is C22H23NO4. The first-order chi connectivity index (χ1) is 13.1. The zero-order valence-electron chi connectivity index (χ0n) is 15.7. The van der Waals surface area contributed by atoms with Crippen molar-refractivity contribution >= 4 is 22.4 Å². The van der Waals surface area contributed by atoms with Crippen LogP contribution < -0.4 is 19.5 Å². The zero-order valence-corrected chi connectivity index (χ0v) is 15.7. The van der Waals surface area contributed by atoms with E-state index in [-0.39, 0.29) is 5.91 Å². The molecule has 1 amide bonds. The molecule has 27 heavy (non-hydrogen) atoms. The highest BCUT2D eigenvalue weighted by atomic mass is 16.5. The summed E-state index contributed by atoms with van der Waals surface area (Å²) in [7, 11) is 3.13. The molecule has 0 aliphatic carbocycles. The summed E-state index contributed by atoms with van der Waals surface area (Å²) in [6.07, 6.45) is -0.0503. The summed E-state index contributed by atoms with van der Waals surface area (Å²) in [5.41, 5.74) is 0.623. The molecule has 0 aliphatic heterocycles. The standard InChI is InChI=1S/C22H23NO4/c1-4-19(27-18-11-9-15-7-5-6-8-16(15)13-18)22(24)23-17-10-12-20(25-2)21(14-17)26-3/h5-14,19H,4H2,1-3H3,(H,23,24)/t19-/m1/s1. The van der Waals surface area contributed by atoms with Crippen molar-refractivity contribution in [1.29, 1.82) is 0 Å². The minimum Gasteiger partial charge on any atom is -0.493 e. The molecule has 0 radical (unpaired) electrons. The predicted octanol–water partition coefficient (Wildman–Crippen LogP) is 4.65. The molecule has 0 saturated carbocycles. The summed E-state index contributed by atoms with van der Waals surface area (Å²) in [5.74, 6) is 1.62. The van der Waals surface area contributed by atoms with Crippen LogP contribution in [0.4, 0.5) is 5.69 Å². The fourth-order valence-electron chi connectivity index (χ4n) is 2.86. The van der Waals surface area contributed by atoms with Gasteiger partial charge in [0.1, 0.15) is 5.75 Å². The molecule has 5 nitrogen and oxygen atoms in total. The van der Waals surface area contributed by atoms with Crippen molar-refractivity contribution in [2.45, 2.75) is 19.4 Å². The van der Waals surface area contributed by atoms with E-state index in [2.05, 4.69) is 5.32 Å². The average Bonchev–Trinajstić information content (AvgIpc) is 2.71. The first kappa shape index (κ1) is 18.6. The van der Waals surface area contributed by atoms with Crippen molar-refractivity contribution in [2.75, 3.05) is 19.5 Å². The van der Waals surface area contributed by atoms with Gasteiger partial charge in [0.25, 0.3) is 5.91 Å². The van der Waals surface area contributed by atoms with E-state index in [1.165, 1.54) is 0 Å². The number of nitrogens with one attached hydrogen (secondary N) is 1. The molecule has 0 heterocycles. The lowest BCUT2D eigenvalue weighted by Gasteiger charge is -2.18. The van der Waals surface area contributed by atoms with E-state index in [9.17, 15) is 4.79 Å². The lowest BCUT2D eigenvalue weighted by Crippen LogP contribution is -2.32. The van der Waals surface area contributed by atoms with E-state index in [1.807, 2.05) is 49.4 Å². The molecule has 0 saturated heterocycles. The average molecular weight is 365 g/mol. The van der Waals surface area contributed by atoms with Gasteiger partial charge in [-0.3, -0.25) is 4.79 Å². The Morgan fingerprint density at radius 3 is 2.37 bits per heavy atom. The molecule has 0 bridgehead atoms. The molecule has 0 aromatic heterocycles. The van der Waals surface area contributed by atoms with E-state index >= 15 is 0 Å². The number of amides is 1. The molecular weight excluding hydrogens is 342 g/mol. The van der Waals surface area contributed by atoms with Crippen LogP contribution in [-0.4, -0.2) is 26.2 Å². The Hall–Kier alpha value is -3.21. The van der Waals surface area contributed by atoms with Gasteiger partial charge in [0.05, 0.1) is 14.2 Å². The van der Waals surface area contributed by atoms with Crippen LogP contribution >= 0.6 is 0 Å². The number of rotatable bonds is 7. The summed E-state index contributed by atoms with van der Waals surface area (Å²) in [4.78, 5) is 12.7. The number of hydrogen-bond acceptors (Lipinski definition) is 4. The highest BCUT2D eigenvalue weighted by molar-refractivity contribution is 5.94. The Kier molecular flexibility index (Phi) is 5.81. The van der Waals surface area contributed by atoms with Gasteiger partial charge in [0.15, 0.2) is 17.6 Å². The monoisotopic (exact) mass is 365 g/mol. The summed E-state index contributed by atoms with van der Waals surface area (Å²) in [6.45, 7) is 1.92. The number of methoxy groups -OCH3 is 2. The van der Waals surface area contributed by atoms with Crippen LogP contribution in [0.15, 0.2) is 60.7 Å². The maximum atomic E-state index is 12.7. The Labute approximate surface area is 158 Å². The third kappa shape index (κ3) is 4.31. The second-order valence-corrected chi connectivity index (χ2v) is 6.08. The Morgan fingerprint density at radius 2 is 1.67 bits per heavy atom. The lowest BCUT2D eigenvalue weighted by molar-refractivity contribution is -0.122. The molecule has 3 aromatic rings. The molecule has 1 atom stereocenters. The molecule has 3 aromatic carbocycles. The zero-order chi connectivity index (χ0) is 19.2. The summed E-state index contributed by atoms with van der Waals surface area (Å²) < 4.78 is 16.4.